The third kappa shape index (κ3) is 5.84. The molecule has 24 heavy (non-hydrogen) atoms. The molecule has 126 valence electrons. The minimum absolute atomic E-state index is 0.343. The van der Waals surface area contributed by atoms with E-state index in [1.165, 1.54) is 37.7 Å². The molecule has 4 heteroatoms. The molecule has 1 aromatic heterocycles. The molecule has 2 aromatic rings. The zero-order chi connectivity index (χ0) is 17.1. The maximum atomic E-state index is 4.93. The van der Waals surface area contributed by atoms with Gasteiger partial charge in [-0.1, -0.05) is 38.2 Å². The Morgan fingerprint density at radius 2 is 1.92 bits per heavy atom. The van der Waals surface area contributed by atoms with Crippen LogP contribution in [0, 0.1) is 19.3 Å². The van der Waals surface area contributed by atoms with Crippen molar-refractivity contribution in [2.75, 3.05) is 0 Å². The van der Waals surface area contributed by atoms with Crippen LogP contribution in [-0.4, -0.2) is 0 Å². The fourth-order valence-electron chi connectivity index (χ4n) is 3.40. The molecule has 1 saturated carbocycles. The van der Waals surface area contributed by atoms with Crippen molar-refractivity contribution in [3.8, 4) is 0 Å². The molecule has 0 saturated heterocycles. The van der Waals surface area contributed by atoms with E-state index < -0.39 is 20.8 Å². The number of thiophene rings is 1. The Hall–Kier alpha value is 0.123. The van der Waals surface area contributed by atoms with E-state index in [9.17, 15) is 0 Å². The fourth-order valence-corrected chi connectivity index (χ4v) is 4.41. The van der Waals surface area contributed by atoms with Crippen molar-refractivity contribution in [2.45, 2.75) is 37.5 Å². The van der Waals surface area contributed by atoms with Gasteiger partial charge in [-0.3, -0.25) is 0 Å². The zero-order valence-electron chi connectivity index (χ0n) is 13.6. The van der Waals surface area contributed by atoms with Gasteiger partial charge in [-0.2, -0.15) is 23.8 Å². The smallest absolute Gasteiger partial charge is 0.00260 e. The molecule has 0 bridgehead atoms. The van der Waals surface area contributed by atoms with Gasteiger partial charge in [0.05, 0.1) is 0 Å². The Kier molecular flexibility index (Phi) is 9.95. The van der Waals surface area contributed by atoms with Gasteiger partial charge in [0.1, 0.15) is 0 Å². The van der Waals surface area contributed by atoms with Gasteiger partial charge in [0.2, 0.25) is 0 Å². The third-order valence-corrected chi connectivity index (χ3v) is 5.54. The second-order valence-electron chi connectivity index (χ2n) is 5.83. The summed E-state index contributed by atoms with van der Waals surface area (Å²) in [7, 11) is 9.87. The Morgan fingerprint density at radius 3 is 2.38 bits per heavy atom. The van der Waals surface area contributed by atoms with Gasteiger partial charge < -0.3 is 0 Å². The molecular weight excluding hydrogens is 434 g/mol. The predicted octanol–water partition coefficient (Wildman–Crippen LogP) is 7.26. The van der Waals surface area contributed by atoms with Crippen LogP contribution in [0.2, 0.25) is 0 Å². The quantitative estimate of drug-likeness (QED) is 0.417. The van der Waals surface area contributed by atoms with Crippen LogP contribution >= 0.6 is 28.4 Å². The maximum Gasteiger partial charge on any atom is 0.00260 e. The monoisotopic (exact) mass is 454 g/mol. The van der Waals surface area contributed by atoms with Crippen LogP contribution in [0.15, 0.2) is 53.9 Å². The van der Waals surface area contributed by atoms with Crippen molar-refractivity contribution in [3.05, 3.63) is 83.6 Å². The molecule has 2 aliphatic rings. The first-order chi connectivity index (χ1) is 11.8. The van der Waals surface area contributed by atoms with Crippen molar-refractivity contribution in [2.24, 2.45) is 0 Å². The summed E-state index contributed by atoms with van der Waals surface area (Å²) in [5.41, 5.74) is 1.88. The molecule has 0 N–H and O–H groups in total. The average Bonchev–Trinajstić information content (AvgIpc) is 3.42. The Bertz CT molecular complexity index is 512. The molecule has 2 aliphatic carbocycles. The van der Waals surface area contributed by atoms with Crippen LogP contribution in [0.3, 0.4) is 0 Å². The van der Waals surface area contributed by atoms with Crippen molar-refractivity contribution >= 4 is 28.4 Å². The van der Waals surface area contributed by atoms with Crippen LogP contribution in [0.1, 0.15) is 42.5 Å². The standard InChI is InChI=1S/C15H17S.C5H5.2ClH.Zr/c1-4-10-15(11-5-1,13-7-2-3-8-13)14-9-6-12-16-14;1-2-4-5-3-1;;;/h2-3,6-9,12H,1,4-5,10-11H2;1-5H;2*1H;/q2*-1;;;+4/p-2. The van der Waals surface area contributed by atoms with Crippen molar-refractivity contribution in [1.29, 1.82) is 0 Å². The molecule has 1 fully saturated rings. The predicted molar refractivity (Wildman–Crippen MR) is 104 cm³/mol. The van der Waals surface area contributed by atoms with Gasteiger partial charge >= 0.3 is 37.9 Å². The van der Waals surface area contributed by atoms with E-state index in [1.807, 2.05) is 42.8 Å². The molecular formula is C20H22Cl2SZr. The van der Waals surface area contributed by atoms with E-state index in [-0.39, 0.29) is 0 Å². The summed E-state index contributed by atoms with van der Waals surface area (Å²) in [4.78, 5) is 1.57. The topological polar surface area (TPSA) is 0 Å². The largest absolute Gasteiger partial charge is 0.210 e. The van der Waals surface area contributed by atoms with E-state index >= 15 is 0 Å². The van der Waals surface area contributed by atoms with Crippen LogP contribution < -0.4 is 0 Å². The molecule has 2 radical (unpaired) electrons. The average molecular weight is 457 g/mol. The second kappa shape index (κ2) is 11.7. The van der Waals surface area contributed by atoms with Gasteiger partial charge in [-0.05, 0) is 16.9 Å². The summed E-state index contributed by atoms with van der Waals surface area (Å²) in [5, 5.41) is 2.22. The van der Waals surface area contributed by atoms with Crippen LogP contribution in [0.4, 0.5) is 0 Å². The van der Waals surface area contributed by atoms with Crippen LogP contribution in [0.25, 0.3) is 0 Å². The summed E-state index contributed by atoms with van der Waals surface area (Å²) in [6.45, 7) is 0. The number of allylic oxidation sites excluding steroid dienone is 2. The van der Waals surface area contributed by atoms with E-state index in [0.29, 0.717) is 5.41 Å². The second-order valence-corrected chi connectivity index (χ2v) is 10.5. The molecule has 0 amide bonds. The van der Waals surface area contributed by atoms with E-state index in [1.54, 1.807) is 4.88 Å². The minimum Gasteiger partial charge on any atom is -0.210 e. The Morgan fingerprint density at radius 1 is 1.12 bits per heavy atom. The number of hydrogen-bond donors (Lipinski definition) is 0. The van der Waals surface area contributed by atoms with Gasteiger partial charge in [-0.15, -0.1) is 24.2 Å². The summed E-state index contributed by atoms with van der Waals surface area (Å²) in [5.74, 6) is 0. The van der Waals surface area contributed by atoms with Gasteiger partial charge in [0, 0.05) is 4.88 Å². The maximum absolute atomic E-state index is 4.93. The molecule has 4 rings (SSSR count). The number of hydrogen-bond acceptors (Lipinski definition) is 1. The number of halogens is 2. The summed E-state index contributed by atoms with van der Waals surface area (Å²) in [6.07, 6.45) is 16.8. The molecule has 1 heterocycles. The van der Waals surface area contributed by atoms with Gasteiger partial charge in [0.25, 0.3) is 0 Å². The third-order valence-electron chi connectivity index (χ3n) is 4.47. The Labute approximate surface area is 169 Å². The first-order valence-corrected chi connectivity index (χ1v) is 15.4. The molecule has 1 aromatic carbocycles. The minimum atomic E-state index is -0.826. The van der Waals surface area contributed by atoms with Crippen molar-refractivity contribution in [3.63, 3.8) is 0 Å². The first-order valence-electron chi connectivity index (χ1n) is 8.22. The summed E-state index contributed by atoms with van der Waals surface area (Å²) >= 11 is 1.10. The number of rotatable bonds is 2. The fraction of sp³-hybridized carbons (Fsp3) is 0.300. The first kappa shape index (κ1) is 20.4. The summed E-state index contributed by atoms with van der Waals surface area (Å²) in [6, 6.07) is 13.5. The molecule has 0 aliphatic heterocycles. The van der Waals surface area contributed by atoms with Gasteiger partial charge in [0.15, 0.2) is 0 Å². The SMILES string of the molecule is [CH]1[CH][CH-]C=C1.[Cl][Zr+2][Cl].c1csc(C2(c3cc[cH-]c3)CCCCC2)c1. The molecule has 0 spiro atoms. The van der Waals surface area contributed by atoms with Crippen molar-refractivity contribution < 1.29 is 20.8 Å². The van der Waals surface area contributed by atoms with Crippen LogP contribution in [-0.2, 0) is 26.3 Å². The molecule has 0 nitrogen and oxygen atoms in total. The molecule has 0 unspecified atom stereocenters. The van der Waals surface area contributed by atoms with Crippen LogP contribution in [0.5, 0.6) is 0 Å². The summed E-state index contributed by atoms with van der Waals surface area (Å²) < 4.78 is 0. The van der Waals surface area contributed by atoms with E-state index in [4.69, 9.17) is 17.0 Å². The van der Waals surface area contributed by atoms with E-state index in [2.05, 4.69) is 41.8 Å². The van der Waals surface area contributed by atoms with E-state index in [0.717, 1.165) is 0 Å². The Balaban J connectivity index is 0.000000217. The molecule has 0 atom stereocenters. The van der Waals surface area contributed by atoms with Gasteiger partial charge in [-0.25, -0.2) is 24.6 Å². The zero-order valence-corrected chi connectivity index (χ0v) is 18.4. The van der Waals surface area contributed by atoms with Crippen molar-refractivity contribution in [1.82, 2.24) is 0 Å². The normalized spacial score (nSPS) is 17.6.